The minimum absolute atomic E-state index is 0.830. The maximum atomic E-state index is 4.42. The molecule has 20 heavy (non-hydrogen) atoms. The van der Waals surface area contributed by atoms with E-state index >= 15 is 0 Å². The number of aryl methyl sites for hydroxylation is 2. The zero-order chi connectivity index (χ0) is 14.3. The van der Waals surface area contributed by atoms with Crippen LogP contribution in [0.3, 0.4) is 0 Å². The van der Waals surface area contributed by atoms with E-state index in [1.807, 2.05) is 25.1 Å². The molecule has 3 rings (SSSR count). The van der Waals surface area contributed by atoms with Gasteiger partial charge in [-0.15, -0.1) is 15.3 Å². The summed E-state index contributed by atoms with van der Waals surface area (Å²) < 4.78 is 0. The Balaban J connectivity index is 2.05. The van der Waals surface area contributed by atoms with E-state index in [1.165, 1.54) is 5.56 Å². The first-order valence-electron chi connectivity index (χ1n) is 6.62. The number of azo groups is 2. The highest BCUT2D eigenvalue weighted by molar-refractivity contribution is 5.82. The molecular formula is C16H16N4. The summed E-state index contributed by atoms with van der Waals surface area (Å²) in [5.74, 6) is 0. The van der Waals surface area contributed by atoms with Gasteiger partial charge in [0, 0.05) is 0 Å². The molecule has 2 aromatic carbocycles. The van der Waals surface area contributed by atoms with Gasteiger partial charge < -0.3 is 0 Å². The average Bonchev–Trinajstić information content (AvgIpc) is 2.41. The Hall–Kier alpha value is -2.36. The van der Waals surface area contributed by atoms with Gasteiger partial charge in [-0.1, -0.05) is 12.1 Å². The van der Waals surface area contributed by atoms with Crippen molar-refractivity contribution < 1.29 is 0 Å². The fourth-order valence-electron chi connectivity index (χ4n) is 2.17. The molecule has 1 aliphatic rings. The van der Waals surface area contributed by atoms with Gasteiger partial charge in [-0.2, -0.15) is 5.11 Å². The zero-order valence-electron chi connectivity index (χ0n) is 12.1. The molecule has 100 valence electrons. The second kappa shape index (κ2) is 4.63. The lowest BCUT2D eigenvalue weighted by Gasteiger charge is -2.14. The summed E-state index contributed by atoms with van der Waals surface area (Å²) in [5, 5.41) is 16.9. The number of nitrogens with zero attached hydrogens (tertiary/aromatic N) is 4. The molecule has 0 bridgehead atoms. The topological polar surface area (TPSA) is 49.4 Å². The Labute approximate surface area is 118 Å². The van der Waals surface area contributed by atoms with Gasteiger partial charge in [-0.3, -0.25) is 0 Å². The van der Waals surface area contributed by atoms with E-state index in [2.05, 4.69) is 47.3 Å². The fraction of sp³-hybridized carbons (Fsp3) is 0.250. The van der Waals surface area contributed by atoms with Crippen LogP contribution in [0.4, 0.5) is 22.7 Å². The molecule has 0 N–H and O–H groups in total. The van der Waals surface area contributed by atoms with Crippen LogP contribution >= 0.6 is 0 Å². The molecule has 1 aliphatic heterocycles. The lowest BCUT2D eigenvalue weighted by atomic mass is 10.0. The first kappa shape index (κ1) is 12.7. The van der Waals surface area contributed by atoms with Crippen LogP contribution < -0.4 is 0 Å². The van der Waals surface area contributed by atoms with Crippen molar-refractivity contribution in [2.24, 2.45) is 20.5 Å². The Kier molecular flexibility index (Phi) is 2.93. The van der Waals surface area contributed by atoms with Gasteiger partial charge in [0.15, 0.2) is 0 Å². The van der Waals surface area contributed by atoms with Crippen molar-refractivity contribution >= 4 is 22.7 Å². The SMILES string of the molecule is Cc1cccc(N=Nc2c(C)c(C)cc3c2N=N3)c1C. The van der Waals surface area contributed by atoms with E-state index in [9.17, 15) is 0 Å². The van der Waals surface area contributed by atoms with Gasteiger partial charge in [0.2, 0.25) is 0 Å². The van der Waals surface area contributed by atoms with Crippen LogP contribution in [0.25, 0.3) is 0 Å². The largest absolute Gasteiger partial charge is 0.150 e. The van der Waals surface area contributed by atoms with Crippen LogP contribution in [-0.2, 0) is 0 Å². The summed E-state index contributed by atoms with van der Waals surface area (Å²) >= 11 is 0. The molecule has 4 heteroatoms. The average molecular weight is 264 g/mol. The molecule has 0 saturated heterocycles. The van der Waals surface area contributed by atoms with E-state index in [0.29, 0.717) is 0 Å². The monoisotopic (exact) mass is 264 g/mol. The van der Waals surface area contributed by atoms with Crippen molar-refractivity contribution in [1.82, 2.24) is 0 Å². The second-order valence-corrected chi connectivity index (χ2v) is 5.15. The molecular weight excluding hydrogens is 248 g/mol. The fourth-order valence-corrected chi connectivity index (χ4v) is 2.17. The molecule has 0 saturated carbocycles. The summed E-state index contributed by atoms with van der Waals surface area (Å²) in [6.07, 6.45) is 0. The lowest BCUT2D eigenvalue weighted by molar-refractivity contribution is 1.09. The van der Waals surface area contributed by atoms with Gasteiger partial charge in [0.05, 0.1) is 5.69 Å². The van der Waals surface area contributed by atoms with Crippen molar-refractivity contribution in [3.05, 3.63) is 46.5 Å². The third-order valence-electron chi connectivity index (χ3n) is 3.86. The quantitative estimate of drug-likeness (QED) is 0.505. The van der Waals surface area contributed by atoms with Crippen LogP contribution in [0, 0.1) is 27.7 Å². The van der Waals surface area contributed by atoms with Gasteiger partial charge in [0.1, 0.15) is 17.1 Å². The Bertz CT molecular complexity index is 758. The van der Waals surface area contributed by atoms with Crippen molar-refractivity contribution in [2.75, 3.05) is 0 Å². The van der Waals surface area contributed by atoms with Crippen LogP contribution in [0.2, 0.25) is 0 Å². The van der Waals surface area contributed by atoms with E-state index in [1.54, 1.807) is 0 Å². The van der Waals surface area contributed by atoms with E-state index < -0.39 is 0 Å². The molecule has 4 nitrogen and oxygen atoms in total. The van der Waals surface area contributed by atoms with E-state index in [-0.39, 0.29) is 0 Å². The first-order valence-corrected chi connectivity index (χ1v) is 6.62. The number of hydrogen-bond acceptors (Lipinski definition) is 4. The minimum atomic E-state index is 0.830. The van der Waals surface area contributed by atoms with Crippen LogP contribution in [0.1, 0.15) is 22.3 Å². The Morgan fingerprint density at radius 2 is 1.65 bits per heavy atom. The maximum absolute atomic E-state index is 4.42. The first-order chi connectivity index (χ1) is 9.58. The van der Waals surface area contributed by atoms with E-state index in [4.69, 9.17) is 0 Å². The van der Waals surface area contributed by atoms with Gasteiger partial charge in [-0.25, -0.2) is 0 Å². The molecule has 1 heterocycles. The second-order valence-electron chi connectivity index (χ2n) is 5.15. The normalized spacial score (nSPS) is 12.6. The smallest absolute Gasteiger partial charge is 0.141 e. The van der Waals surface area contributed by atoms with Crippen molar-refractivity contribution in [3.63, 3.8) is 0 Å². The van der Waals surface area contributed by atoms with Gasteiger partial charge in [0.25, 0.3) is 0 Å². The van der Waals surface area contributed by atoms with Crippen molar-refractivity contribution in [3.8, 4) is 0 Å². The standard InChI is InChI=1S/C16H16N4/c1-9-6-5-7-13(11(9)3)17-19-15-12(4)10(2)8-14-16(15)20-18-14/h5-8H,1-4H3. The highest BCUT2D eigenvalue weighted by Gasteiger charge is 2.19. The summed E-state index contributed by atoms with van der Waals surface area (Å²) in [6, 6.07) is 8.09. The molecule has 0 fully saturated rings. The Morgan fingerprint density at radius 1 is 0.850 bits per heavy atom. The van der Waals surface area contributed by atoms with Crippen molar-refractivity contribution in [1.29, 1.82) is 0 Å². The highest BCUT2D eigenvalue weighted by Crippen LogP contribution is 2.48. The molecule has 2 aromatic rings. The summed E-state index contributed by atoms with van der Waals surface area (Å²) in [7, 11) is 0. The van der Waals surface area contributed by atoms with Crippen molar-refractivity contribution in [2.45, 2.75) is 27.7 Å². The zero-order valence-corrected chi connectivity index (χ0v) is 12.1. The lowest BCUT2D eigenvalue weighted by Crippen LogP contribution is -1.87. The summed E-state index contributed by atoms with van der Waals surface area (Å²) in [5.41, 5.74) is 8.13. The number of fused-ring (bicyclic) bond motifs is 1. The molecule has 0 unspecified atom stereocenters. The Morgan fingerprint density at radius 3 is 2.35 bits per heavy atom. The molecule has 0 aromatic heterocycles. The maximum Gasteiger partial charge on any atom is 0.141 e. The van der Waals surface area contributed by atoms with Crippen LogP contribution in [0.15, 0.2) is 44.7 Å². The van der Waals surface area contributed by atoms with Crippen LogP contribution in [0.5, 0.6) is 0 Å². The third kappa shape index (κ3) is 1.93. The number of rotatable bonds is 2. The van der Waals surface area contributed by atoms with Crippen LogP contribution in [-0.4, -0.2) is 0 Å². The molecule has 0 amide bonds. The van der Waals surface area contributed by atoms with Gasteiger partial charge in [-0.05, 0) is 62.1 Å². The molecule has 0 aliphatic carbocycles. The van der Waals surface area contributed by atoms with E-state index in [0.717, 1.165) is 39.4 Å². The third-order valence-corrected chi connectivity index (χ3v) is 3.86. The minimum Gasteiger partial charge on any atom is -0.150 e. The predicted octanol–water partition coefficient (Wildman–Crippen LogP) is 6.06. The highest BCUT2D eigenvalue weighted by atomic mass is 15.2. The molecule has 0 spiro atoms. The van der Waals surface area contributed by atoms with Gasteiger partial charge >= 0.3 is 0 Å². The number of benzene rings is 2. The summed E-state index contributed by atoms with van der Waals surface area (Å²) in [4.78, 5) is 0. The number of hydrogen-bond donors (Lipinski definition) is 0. The molecule has 0 atom stereocenters. The predicted molar refractivity (Wildman–Crippen MR) is 80.2 cm³/mol. The molecule has 0 radical (unpaired) electrons. The summed E-state index contributed by atoms with van der Waals surface area (Å²) in [6.45, 7) is 8.24.